The van der Waals surface area contributed by atoms with E-state index in [0.717, 1.165) is 11.1 Å². The van der Waals surface area contributed by atoms with Crippen LogP contribution < -0.4 is 0 Å². The first kappa shape index (κ1) is 26.4. The minimum absolute atomic E-state index is 0.00596. The molecule has 2 aromatic rings. The van der Waals surface area contributed by atoms with Crippen LogP contribution in [0.25, 0.3) is 0 Å². The van der Waals surface area contributed by atoms with Crippen molar-refractivity contribution in [2.24, 2.45) is 4.99 Å². The monoisotopic (exact) mass is 551 g/mol. The molecule has 4 atom stereocenters. The highest BCUT2D eigenvalue weighted by molar-refractivity contribution is 8.01. The predicted molar refractivity (Wildman–Crippen MR) is 148 cm³/mol. The van der Waals surface area contributed by atoms with Gasteiger partial charge in [0.1, 0.15) is 12.1 Å². The Morgan fingerprint density at radius 2 is 2.26 bits per heavy atom. The largest absolute Gasteiger partial charge is 0.476 e. The summed E-state index contributed by atoms with van der Waals surface area (Å²) in [6.07, 6.45) is 10.8. The molecular formula is C28H29N3O5S2. The number of carboxylic acid groups (broad SMARTS) is 1. The molecule has 2 aliphatic heterocycles. The van der Waals surface area contributed by atoms with Gasteiger partial charge in [-0.2, -0.15) is 0 Å². The average molecular weight is 552 g/mol. The van der Waals surface area contributed by atoms with E-state index in [2.05, 4.69) is 24.1 Å². The zero-order valence-electron chi connectivity index (χ0n) is 20.9. The molecule has 0 spiro atoms. The Kier molecular flexibility index (Phi) is 8.11. The highest BCUT2D eigenvalue weighted by Crippen LogP contribution is 2.27. The number of fused-ring (bicyclic) bond motifs is 1. The van der Waals surface area contributed by atoms with Crippen LogP contribution in [-0.4, -0.2) is 74.5 Å². The SMILES string of the molecule is CC1=CC2N=C(c3cccc(C[C@H](O)/C=C/[C@H]4CCC(=O)N4CCSc4nc(C(=O)O)cs4)c3)OC2C=C1. The number of hydrogen-bond donors (Lipinski definition) is 2. The van der Waals surface area contributed by atoms with Crippen molar-refractivity contribution in [3.05, 3.63) is 82.4 Å². The summed E-state index contributed by atoms with van der Waals surface area (Å²) in [4.78, 5) is 34.1. The number of aliphatic hydroxyl groups is 1. The third-order valence-corrected chi connectivity index (χ3v) is 8.64. The molecule has 0 radical (unpaired) electrons. The molecule has 1 saturated heterocycles. The Morgan fingerprint density at radius 3 is 3.08 bits per heavy atom. The number of carbonyl (C=O) groups excluding carboxylic acids is 1. The standard InChI is InChI=1S/C28H29N3O5S2/c1-17-5-9-24-22(13-17)29-26(36-24)19-4-2-3-18(14-19)15-21(32)8-6-20-7-10-25(33)31(20)11-12-37-28-30-23(16-38-28)27(34)35/h2-6,8-9,13-14,16,20-22,24,32H,7,10-12,15H2,1H3,(H,34,35)/b8-6+/t20-,21+,22?,24?/m0/s1. The molecule has 3 aliphatic rings. The van der Waals surface area contributed by atoms with E-state index in [1.165, 1.54) is 34.1 Å². The number of benzene rings is 1. The van der Waals surface area contributed by atoms with Gasteiger partial charge >= 0.3 is 5.97 Å². The van der Waals surface area contributed by atoms with Crippen LogP contribution in [0.2, 0.25) is 0 Å². The number of nitrogens with zero attached hydrogens (tertiary/aromatic N) is 3. The Hall–Kier alpha value is -3.21. The zero-order valence-corrected chi connectivity index (χ0v) is 22.5. The van der Waals surface area contributed by atoms with Gasteiger partial charge in [0.15, 0.2) is 10.0 Å². The summed E-state index contributed by atoms with van der Waals surface area (Å²) in [6.45, 7) is 2.59. The number of carboxylic acids is 1. The van der Waals surface area contributed by atoms with Gasteiger partial charge in [0.05, 0.1) is 12.1 Å². The maximum atomic E-state index is 12.4. The van der Waals surface area contributed by atoms with Crippen LogP contribution in [0.5, 0.6) is 0 Å². The van der Waals surface area contributed by atoms with E-state index in [9.17, 15) is 14.7 Å². The quantitative estimate of drug-likeness (QED) is 0.338. The topological polar surface area (TPSA) is 112 Å². The summed E-state index contributed by atoms with van der Waals surface area (Å²) in [5, 5.41) is 21.2. The molecule has 2 unspecified atom stereocenters. The van der Waals surface area contributed by atoms with Crippen LogP contribution in [0, 0.1) is 0 Å². The molecule has 1 aliphatic carbocycles. The summed E-state index contributed by atoms with van der Waals surface area (Å²) in [7, 11) is 0. The molecular weight excluding hydrogens is 522 g/mol. The Bertz CT molecular complexity index is 1330. The van der Waals surface area contributed by atoms with Crippen LogP contribution in [0.15, 0.2) is 74.9 Å². The maximum absolute atomic E-state index is 12.4. The lowest BCUT2D eigenvalue weighted by atomic mass is 10.0. The molecule has 5 rings (SSSR count). The second-order valence-electron chi connectivity index (χ2n) is 9.48. The van der Waals surface area contributed by atoms with Gasteiger partial charge in [0, 0.05) is 36.1 Å². The highest BCUT2D eigenvalue weighted by Gasteiger charge is 2.30. The molecule has 8 nitrogen and oxygen atoms in total. The second-order valence-corrected chi connectivity index (χ2v) is 11.7. The lowest BCUT2D eigenvalue weighted by molar-refractivity contribution is -0.128. The first-order valence-corrected chi connectivity index (χ1v) is 14.4. The zero-order chi connectivity index (χ0) is 26.6. The van der Waals surface area contributed by atoms with Gasteiger partial charge in [-0.1, -0.05) is 53.8 Å². The molecule has 1 aromatic heterocycles. The van der Waals surface area contributed by atoms with Crippen molar-refractivity contribution in [1.82, 2.24) is 9.88 Å². The fourth-order valence-corrected chi connectivity index (χ4v) is 6.54. The van der Waals surface area contributed by atoms with Crippen molar-refractivity contribution in [1.29, 1.82) is 0 Å². The molecule has 1 amide bonds. The number of thioether (sulfide) groups is 1. The van der Waals surface area contributed by atoms with Crippen LogP contribution in [-0.2, 0) is 16.0 Å². The number of thiazole rings is 1. The van der Waals surface area contributed by atoms with Crippen molar-refractivity contribution in [2.75, 3.05) is 12.3 Å². The number of ether oxygens (including phenoxy) is 1. The van der Waals surface area contributed by atoms with Crippen molar-refractivity contribution in [3.8, 4) is 0 Å². The van der Waals surface area contributed by atoms with Crippen molar-refractivity contribution in [3.63, 3.8) is 0 Å². The summed E-state index contributed by atoms with van der Waals surface area (Å²) in [5.41, 5.74) is 3.09. The summed E-state index contributed by atoms with van der Waals surface area (Å²) >= 11 is 2.73. The molecule has 198 valence electrons. The van der Waals surface area contributed by atoms with Crippen molar-refractivity contribution >= 4 is 40.9 Å². The van der Waals surface area contributed by atoms with Gasteiger partial charge in [0.25, 0.3) is 0 Å². The number of carbonyl (C=O) groups is 2. The minimum Gasteiger partial charge on any atom is -0.476 e. The second kappa shape index (κ2) is 11.7. The average Bonchev–Trinajstić information content (AvgIpc) is 3.62. The molecule has 0 bridgehead atoms. The van der Waals surface area contributed by atoms with E-state index in [1.54, 1.807) is 6.08 Å². The lowest BCUT2D eigenvalue weighted by Gasteiger charge is -2.22. The van der Waals surface area contributed by atoms with Gasteiger partial charge in [-0.05, 0) is 37.1 Å². The van der Waals surface area contributed by atoms with Gasteiger partial charge in [0.2, 0.25) is 11.8 Å². The first-order chi connectivity index (χ1) is 18.4. The van der Waals surface area contributed by atoms with E-state index in [1.807, 2.05) is 41.3 Å². The van der Waals surface area contributed by atoms with E-state index < -0.39 is 12.1 Å². The lowest BCUT2D eigenvalue weighted by Crippen LogP contribution is -2.33. The first-order valence-electron chi connectivity index (χ1n) is 12.5. The molecule has 1 fully saturated rings. The smallest absolute Gasteiger partial charge is 0.355 e. The Balaban J connectivity index is 1.15. The molecule has 1 aromatic carbocycles. The Morgan fingerprint density at radius 1 is 1.39 bits per heavy atom. The number of aromatic carboxylic acids is 1. The third kappa shape index (κ3) is 6.25. The van der Waals surface area contributed by atoms with E-state index in [-0.39, 0.29) is 29.8 Å². The van der Waals surface area contributed by atoms with Crippen LogP contribution in [0.1, 0.15) is 41.4 Å². The fraction of sp³-hybridized carbons (Fsp3) is 0.357. The normalized spacial score (nSPS) is 23.4. The van der Waals surface area contributed by atoms with E-state index in [0.29, 0.717) is 41.8 Å². The molecule has 38 heavy (non-hydrogen) atoms. The molecule has 0 saturated carbocycles. The summed E-state index contributed by atoms with van der Waals surface area (Å²) in [5.74, 6) is 0.293. The molecule has 3 heterocycles. The molecule has 10 heteroatoms. The number of amides is 1. The van der Waals surface area contributed by atoms with Crippen LogP contribution >= 0.6 is 23.1 Å². The number of aromatic nitrogens is 1. The Labute approximate surface area is 229 Å². The van der Waals surface area contributed by atoms with Crippen molar-refractivity contribution < 1.29 is 24.5 Å². The predicted octanol–water partition coefficient (Wildman–Crippen LogP) is 4.11. The number of allylic oxidation sites excluding steroid dienone is 2. The number of hydrogen-bond acceptors (Lipinski definition) is 8. The van der Waals surface area contributed by atoms with E-state index in [4.69, 9.17) is 14.8 Å². The van der Waals surface area contributed by atoms with Crippen LogP contribution in [0.3, 0.4) is 0 Å². The number of likely N-dealkylation sites (tertiary alicyclic amines) is 1. The van der Waals surface area contributed by atoms with E-state index >= 15 is 0 Å². The third-order valence-electron chi connectivity index (χ3n) is 6.64. The highest BCUT2D eigenvalue weighted by atomic mass is 32.2. The van der Waals surface area contributed by atoms with Gasteiger partial charge in [-0.15, -0.1) is 11.3 Å². The van der Waals surface area contributed by atoms with Gasteiger partial charge in [-0.25, -0.2) is 14.8 Å². The fourth-order valence-electron chi connectivity index (χ4n) is 4.73. The number of aliphatic hydroxyl groups excluding tert-OH is 1. The minimum atomic E-state index is -1.04. The maximum Gasteiger partial charge on any atom is 0.355 e. The molecule has 2 N–H and O–H groups in total. The van der Waals surface area contributed by atoms with Crippen molar-refractivity contribution in [2.45, 2.75) is 54.8 Å². The summed E-state index contributed by atoms with van der Waals surface area (Å²) < 4.78 is 6.72. The van der Waals surface area contributed by atoms with Gasteiger partial charge in [-0.3, -0.25) is 4.79 Å². The summed E-state index contributed by atoms with van der Waals surface area (Å²) in [6, 6.07) is 7.84. The number of aliphatic imine (C=N–C) groups is 1. The van der Waals surface area contributed by atoms with Gasteiger partial charge < -0.3 is 19.8 Å². The number of rotatable bonds is 10. The van der Waals surface area contributed by atoms with Crippen LogP contribution in [0.4, 0.5) is 0 Å².